The molecule has 3 aromatic heterocycles. The molecule has 0 atom stereocenters. The maximum absolute atomic E-state index is 12.3. The van der Waals surface area contributed by atoms with Crippen molar-refractivity contribution in [1.29, 1.82) is 0 Å². The van der Waals surface area contributed by atoms with Crippen LogP contribution in [0.3, 0.4) is 0 Å². The van der Waals surface area contributed by atoms with Crippen molar-refractivity contribution >= 4 is 28.0 Å². The molecular weight excluding hydrogens is 316 g/mol. The second-order valence-electron chi connectivity index (χ2n) is 7.05. The highest BCUT2D eigenvalue weighted by Crippen LogP contribution is 2.30. The number of likely N-dealkylation sites (tertiary alicyclic amines) is 1. The van der Waals surface area contributed by atoms with Crippen molar-refractivity contribution in [3.8, 4) is 0 Å². The van der Waals surface area contributed by atoms with Gasteiger partial charge in [-0.15, -0.1) is 0 Å². The Morgan fingerprint density at radius 2 is 2.12 bits per heavy atom. The zero-order chi connectivity index (χ0) is 17.4. The Morgan fingerprint density at radius 3 is 2.88 bits per heavy atom. The number of hydrogen-bond donors (Lipinski definition) is 1. The SMILES string of the molecule is CN(C)CCC(=O)N1CCC(n2cnc3cnc4[nH]ccc4c32)CC1. The molecule has 4 heterocycles. The Hall–Kier alpha value is -2.41. The van der Waals surface area contributed by atoms with Crippen molar-refractivity contribution in [1.82, 2.24) is 29.3 Å². The number of carbonyl (C=O) groups is 1. The number of carbonyl (C=O) groups excluding carboxylic acids is 1. The summed E-state index contributed by atoms with van der Waals surface area (Å²) in [5, 5.41) is 1.11. The first-order valence-corrected chi connectivity index (χ1v) is 8.84. The summed E-state index contributed by atoms with van der Waals surface area (Å²) in [6, 6.07) is 2.44. The van der Waals surface area contributed by atoms with E-state index in [0.29, 0.717) is 12.5 Å². The topological polar surface area (TPSA) is 70.1 Å². The fraction of sp³-hybridized carbons (Fsp3) is 0.500. The van der Waals surface area contributed by atoms with Crippen molar-refractivity contribution < 1.29 is 4.79 Å². The van der Waals surface area contributed by atoms with E-state index in [1.807, 2.05) is 37.7 Å². The number of rotatable bonds is 4. The first-order valence-electron chi connectivity index (χ1n) is 8.84. The predicted octanol–water partition coefficient (Wildman–Crippen LogP) is 2.03. The van der Waals surface area contributed by atoms with Gasteiger partial charge in [0.2, 0.25) is 5.91 Å². The highest BCUT2D eigenvalue weighted by molar-refractivity contribution is 6.00. The van der Waals surface area contributed by atoms with Gasteiger partial charge in [0.05, 0.1) is 18.0 Å². The maximum atomic E-state index is 12.3. The summed E-state index contributed by atoms with van der Waals surface area (Å²) in [5.41, 5.74) is 2.96. The number of amides is 1. The van der Waals surface area contributed by atoms with Crippen LogP contribution in [0.2, 0.25) is 0 Å². The lowest BCUT2D eigenvalue weighted by Crippen LogP contribution is -2.40. The van der Waals surface area contributed by atoms with E-state index in [1.165, 1.54) is 0 Å². The Labute approximate surface area is 146 Å². The van der Waals surface area contributed by atoms with Crippen LogP contribution < -0.4 is 0 Å². The number of aromatic amines is 1. The van der Waals surface area contributed by atoms with Crippen molar-refractivity contribution in [3.63, 3.8) is 0 Å². The molecule has 7 nitrogen and oxygen atoms in total. The molecule has 1 N–H and O–H groups in total. The largest absolute Gasteiger partial charge is 0.346 e. The number of hydrogen-bond acceptors (Lipinski definition) is 4. The molecule has 132 valence electrons. The molecular formula is C18H24N6O. The Balaban J connectivity index is 1.50. The van der Waals surface area contributed by atoms with Crippen LogP contribution in [0.4, 0.5) is 0 Å². The lowest BCUT2D eigenvalue weighted by molar-refractivity contribution is -0.132. The van der Waals surface area contributed by atoms with E-state index in [9.17, 15) is 4.79 Å². The predicted molar refractivity (Wildman–Crippen MR) is 97.4 cm³/mol. The normalized spacial score (nSPS) is 16.4. The summed E-state index contributed by atoms with van der Waals surface area (Å²) in [5.74, 6) is 0.264. The lowest BCUT2D eigenvalue weighted by atomic mass is 10.0. The average molecular weight is 340 g/mol. The van der Waals surface area contributed by atoms with Crippen LogP contribution in [0.5, 0.6) is 0 Å². The third kappa shape index (κ3) is 3.00. The molecule has 1 amide bonds. The second kappa shape index (κ2) is 6.48. The van der Waals surface area contributed by atoms with Crippen molar-refractivity contribution in [2.45, 2.75) is 25.3 Å². The third-order valence-corrected chi connectivity index (χ3v) is 5.10. The van der Waals surface area contributed by atoms with E-state index >= 15 is 0 Å². The van der Waals surface area contributed by atoms with E-state index < -0.39 is 0 Å². The summed E-state index contributed by atoms with van der Waals surface area (Å²) < 4.78 is 2.27. The number of fused-ring (bicyclic) bond motifs is 3. The van der Waals surface area contributed by atoms with Crippen molar-refractivity contribution in [2.75, 3.05) is 33.7 Å². The number of pyridine rings is 1. The molecule has 3 aromatic rings. The molecule has 25 heavy (non-hydrogen) atoms. The number of imidazole rings is 1. The lowest BCUT2D eigenvalue weighted by Gasteiger charge is -2.33. The third-order valence-electron chi connectivity index (χ3n) is 5.10. The Morgan fingerprint density at radius 1 is 1.32 bits per heavy atom. The first-order chi connectivity index (χ1) is 12.1. The minimum Gasteiger partial charge on any atom is -0.346 e. The van der Waals surface area contributed by atoms with E-state index in [1.54, 1.807) is 0 Å². The van der Waals surface area contributed by atoms with Gasteiger partial charge in [0.1, 0.15) is 11.2 Å². The Bertz CT molecular complexity index is 887. The number of nitrogens with zero attached hydrogens (tertiary/aromatic N) is 5. The molecule has 0 radical (unpaired) electrons. The van der Waals surface area contributed by atoms with Crippen LogP contribution in [-0.4, -0.2) is 69.0 Å². The summed E-state index contributed by atoms with van der Waals surface area (Å²) >= 11 is 0. The standard InChI is InChI=1S/C18H24N6O/c1-22(2)8-6-16(25)23-9-4-13(5-10-23)24-12-21-15-11-20-18-14(17(15)24)3-7-19-18/h3,7,11-13H,4-6,8-10H2,1-2H3,(H,19,20). The number of H-pyrrole nitrogens is 1. The van der Waals surface area contributed by atoms with Gasteiger partial charge in [0, 0.05) is 43.7 Å². The summed E-state index contributed by atoms with van der Waals surface area (Å²) in [6.45, 7) is 2.44. The molecule has 7 heteroatoms. The Kier molecular flexibility index (Phi) is 4.17. The van der Waals surface area contributed by atoms with Crippen LogP contribution in [0, 0.1) is 0 Å². The molecule has 0 aliphatic carbocycles. The number of piperidine rings is 1. The van der Waals surface area contributed by atoms with E-state index in [2.05, 4.69) is 30.5 Å². The molecule has 0 bridgehead atoms. The molecule has 0 saturated carbocycles. The molecule has 0 spiro atoms. The molecule has 1 saturated heterocycles. The van der Waals surface area contributed by atoms with Gasteiger partial charge in [-0.2, -0.15) is 0 Å². The van der Waals surface area contributed by atoms with Crippen LogP contribution in [0.25, 0.3) is 22.1 Å². The monoisotopic (exact) mass is 340 g/mol. The van der Waals surface area contributed by atoms with Gasteiger partial charge in [-0.05, 0) is 33.0 Å². The van der Waals surface area contributed by atoms with Crippen LogP contribution >= 0.6 is 0 Å². The van der Waals surface area contributed by atoms with Crippen molar-refractivity contribution in [2.24, 2.45) is 0 Å². The maximum Gasteiger partial charge on any atom is 0.223 e. The van der Waals surface area contributed by atoms with Gasteiger partial charge >= 0.3 is 0 Å². The quantitative estimate of drug-likeness (QED) is 0.789. The van der Waals surface area contributed by atoms with Crippen LogP contribution in [-0.2, 0) is 4.79 Å². The van der Waals surface area contributed by atoms with Gasteiger partial charge in [-0.25, -0.2) is 9.97 Å². The smallest absolute Gasteiger partial charge is 0.223 e. The minimum absolute atomic E-state index is 0.264. The second-order valence-corrected chi connectivity index (χ2v) is 7.05. The van der Waals surface area contributed by atoms with Crippen molar-refractivity contribution in [3.05, 3.63) is 24.8 Å². The van der Waals surface area contributed by atoms with E-state index in [4.69, 9.17) is 0 Å². The summed E-state index contributed by atoms with van der Waals surface area (Å²) in [6.07, 6.45) is 8.19. The number of aromatic nitrogens is 4. The van der Waals surface area contributed by atoms with Gasteiger partial charge < -0.3 is 19.4 Å². The average Bonchev–Trinajstić information content (AvgIpc) is 3.25. The molecule has 1 fully saturated rings. The van der Waals surface area contributed by atoms with Crippen LogP contribution in [0.15, 0.2) is 24.8 Å². The molecule has 1 aliphatic rings. The summed E-state index contributed by atoms with van der Waals surface area (Å²) in [7, 11) is 4.00. The summed E-state index contributed by atoms with van der Waals surface area (Å²) in [4.78, 5) is 28.5. The highest BCUT2D eigenvalue weighted by Gasteiger charge is 2.25. The number of nitrogens with one attached hydrogen (secondary N) is 1. The van der Waals surface area contributed by atoms with E-state index in [0.717, 1.165) is 54.5 Å². The van der Waals surface area contributed by atoms with Gasteiger partial charge in [0.15, 0.2) is 0 Å². The molecule has 0 aromatic carbocycles. The fourth-order valence-corrected chi connectivity index (χ4v) is 3.68. The molecule has 4 rings (SSSR count). The molecule has 0 unspecified atom stereocenters. The molecule has 1 aliphatic heterocycles. The fourth-order valence-electron chi connectivity index (χ4n) is 3.68. The van der Waals surface area contributed by atoms with Gasteiger partial charge in [0.25, 0.3) is 0 Å². The van der Waals surface area contributed by atoms with E-state index in [-0.39, 0.29) is 5.91 Å². The highest BCUT2D eigenvalue weighted by atomic mass is 16.2. The van der Waals surface area contributed by atoms with Gasteiger partial charge in [-0.1, -0.05) is 0 Å². The van der Waals surface area contributed by atoms with Gasteiger partial charge in [-0.3, -0.25) is 4.79 Å². The minimum atomic E-state index is 0.264. The first kappa shape index (κ1) is 16.1. The van der Waals surface area contributed by atoms with Crippen LogP contribution in [0.1, 0.15) is 25.3 Å². The zero-order valence-corrected chi connectivity index (χ0v) is 14.8. The zero-order valence-electron chi connectivity index (χ0n) is 14.8.